The first kappa shape index (κ1) is 15.7. The summed E-state index contributed by atoms with van der Waals surface area (Å²) in [5.41, 5.74) is 0.453. The molecule has 1 atom stereocenters. The van der Waals surface area contributed by atoms with Crippen molar-refractivity contribution in [1.29, 1.82) is 0 Å². The number of nitrogens with one attached hydrogen (secondary N) is 1. The molecule has 0 saturated heterocycles. The van der Waals surface area contributed by atoms with E-state index in [4.69, 9.17) is 4.42 Å². The fraction of sp³-hybridized carbons (Fsp3) is 0.412. The Bertz CT molecular complexity index is 607. The standard InChI is InChI=1S/C17H21F2NO/c1-4-8-20-15(5-2)17-7-6-16(21-17)12-10-13(18)11(3)9-14(12)19/h6-7,9-10,15,20H,4-5,8H2,1-3H3. The van der Waals surface area contributed by atoms with E-state index in [2.05, 4.69) is 19.2 Å². The van der Waals surface area contributed by atoms with Crippen LogP contribution >= 0.6 is 0 Å². The van der Waals surface area contributed by atoms with E-state index in [-0.39, 0.29) is 11.6 Å². The second kappa shape index (κ2) is 6.85. The molecule has 21 heavy (non-hydrogen) atoms. The number of rotatable bonds is 6. The van der Waals surface area contributed by atoms with Crippen LogP contribution in [0.15, 0.2) is 28.7 Å². The third-order valence-electron chi connectivity index (χ3n) is 3.53. The summed E-state index contributed by atoms with van der Waals surface area (Å²) in [5, 5.41) is 3.37. The molecular formula is C17H21F2NO. The number of furan rings is 1. The molecule has 0 amide bonds. The van der Waals surface area contributed by atoms with E-state index in [1.165, 1.54) is 19.1 Å². The van der Waals surface area contributed by atoms with Crippen molar-refractivity contribution in [2.24, 2.45) is 0 Å². The van der Waals surface area contributed by atoms with Gasteiger partial charge in [0.25, 0.3) is 0 Å². The molecule has 0 fully saturated rings. The zero-order valence-corrected chi connectivity index (χ0v) is 12.7. The first-order valence-electron chi connectivity index (χ1n) is 7.35. The molecule has 2 aromatic rings. The Kier molecular flexibility index (Phi) is 5.12. The van der Waals surface area contributed by atoms with Gasteiger partial charge in [-0.2, -0.15) is 0 Å². The van der Waals surface area contributed by atoms with Crippen molar-refractivity contribution in [3.8, 4) is 11.3 Å². The van der Waals surface area contributed by atoms with Crippen LogP contribution in [0.25, 0.3) is 11.3 Å². The largest absolute Gasteiger partial charge is 0.459 e. The van der Waals surface area contributed by atoms with Crippen molar-refractivity contribution in [3.05, 3.63) is 47.2 Å². The summed E-state index contributed by atoms with van der Waals surface area (Å²) in [5.74, 6) is 0.212. The molecule has 0 aliphatic carbocycles. The number of hydrogen-bond donors (Lipinski definition) is 1. The molecule has 114 valence electrons. The molecular weight excluding hydrogens is 272 g/mol. The summed E-state index contributed by atoms with van der Waals surface area (Å²) in [7, 11) is 0. The molecule has 0 radical (unpaired) electrons. The van der Waals surface area contributed by atoms with Gasteiger partial charge in [0.1, 0.15) is 23.2 Å². The smallest absolute Gasteiger partial charge is 0.137 e. The maximum Gasteiger partial charge on any atom is 0.137 e. The van der Waals surface area contributed by atoms with Gasteiger partial charge < -0.3 is 9.73 Å². The van der Waals surface area contributed by atoms with Gasteiger partial charge in [0.15, 0.2) is 0 Å². The lowest BCUT2D eigenvalue weighted by Gasteiger charge is -2.13. The quantitative estimate of drug-likeness (QED) is 0.812. The van der Waals surface area contributed by atoms with Crippen LogP contribution in [0.5, 0.6) is 0 Å². The highest BCUT2D eigenvalue weighted by Crippen LogP contribution is 2.30. The lowest BCUT2D eigenvalue weighted by Crippen LogP contribution is -2.20. The maximum absolute atomic E-state index is 14.0. The van der Waals surface area contributed by atoms with E-state index < -0.39 is 11.6 Å². The van der Waals surface area contributed by atoms with Gasteiger partial charge >= 0.3 is 0 Å². The van der Waals surface area contributed by atoms with Gasteiger partial charge in [0.05, 0.1) is 11.6 Å². The second-order valence-corrected chi connectivity index (χ2v) is 5.20. The van der Waals surface area contributed by atoms with E-state index in [1.54, 1.807) is 6.07 Å². The monoisotopic (exact) mass is 293 g/mol. The van der Waals surface area contributed by atoms with Crippen LogP contribution in [-0.4, -0.2) is 6.54 Å². The number of benzene rings is 1. The zero-order chi connectivity index (χ0) is 15.4. The van der Waals surface area contributed by atoms with Crippen LogP contribution in [0.1, 0.15) is 44.1 Å². The molecule has 1 aromatic heterocycles. The van der Waals surface area contributed by atoms with Crippen LogP contribution in [0, 0.1) is 18.6 Å². The number of halogens is 2. The Balaban J connectivity index is 2.29. The van der Waals surface area contributed by atoms with Gasteiger partial charge in [-0.05, 0) is 56.1 Å². The van der Waals surface area contributed by atoms with Gasteiger partial charge in [0.2, 0.25) is 0 Å². The van der Waals surface area contributed by atoms with Crippen LogP contribution < -0.4 is 5.32 Å². The maximum atomic E-state index is 14.0. The van der Waals surface area contributed by atoms with E-state index in [9.17, 15) is 8.78 Å². The summed E-state index contributed by atoms with van der Waals surface area (Å²) in [4.78, 5) is 0. The molecule has 1 heterocycles. The van der Waals surface area contributed by atoms with Gasteiger partial charge in [-0.1, -0.05) is 13.8 Å². The third kappa shape index (κ3) is 3.50. The fourth-order valence-electron chi connectivity index (χ4n) is 2.28. The second-order valence-electron chi connectivity index (χ2n) is 5.20. The van der Waals surface area contributed by atoms with Crippen LogP contribution in [-0.2, 0) is 0 Å². The molecule has 0 spiro atoms. The average molecular weight is 293 g/mol. The average Bonchev–Trinajstić information content (AvgIpc) is 2.93. The van der Waals surface area contributed by atoms with Crippen molar-refractivity contribution in [2.45, 2.75) is 39.7 Å². The molecule has 0 aliphatic heterocycles. The minimum Gasteiger partial charge on any atom is -0.459 e. The normalized spacial score (nSPS) is 12.6. The van der Waals surface area contributed by atoms with E-state index in [0.29, 0.717) is 11.3 Å². The van der Waals surface area contributed by atoms with Crippen molar-refractivity contribution in [2.75, 3.05) is 6.54 Å². The zero-order valence-electron chi connectivity index (χ0n) is 12.7. The topological polar surface area (TPSA) is 25.2 Å². The first-order valence-corrected chi connectivity index (χ1v) is 7.35. The van der Waals surface area contributed by atoms with Gasteiger partial charge in [-0.15, -0.1) is 0 Å². The summed E-state index contributed by atoms with van der Waals surface area (Å²) in [6.07, 6.45) is 1.90. The third-order valence-corrected chi connectivity index (χ3v) is 3.53. The Morgan fingerprint density at radius 2 is 1.90 bits per heavy atom. The van der Waals surface area contributed by atoms with Gasteiger partial charge in [-0.25, -0.2) is 8.78 Å². The van der Waals surface area contributed by atoms with Crippen molar-refractivity contribution in [3.63, 3.8) is 0 Å². The molecule has 4 heteroatoms. The molecule has 1 N–H and O–H groups in total. The Morgan fingerprint density at radius 3 is 2.57 bits per heavy atom. The van der Waals surface area contributed by atoms with E-state index in [1.807, 2.05) is 6.07 Å². The summed E-state index contributed by atoms with van der Waals surface area (Å²) >= 11 is 0. The Labute approximate surface area is 124 Å². The molecule has 1 unspecified atom stereocenters. The van der Waals surface area contributed by atoms with Crippen molar-refractivity contribution in [1.82, 2.24) is 5.32 Å². The molecule has 0 bridgehead atoms. The van der Waals surface area contributed by atoms with Gasteiger partial charge in [-0.3, -0.25) is 0 Å². The SMILES string of the molecule is CCCNC(CC)c1ccc(-c2cc(F)c(C)cc2F)o1. The Morgan fingerprint density at radius 1 is 1.14 bits per heavy atom. The lowest BCUT2D eigenvalue weighted by atomic mass is 10.1. The predicted molar refractivity (Wildman–Crippen MR) is 80.1 cm³/mol. The van der Waals surface area contributed by atoms with Crippen molar-refractivity contribution >= 4 is 0 Å². The molecule has 2 rings (SSSR count). The van der Waals surface area contributed by atoms with Crippen LogP contribution in [0.2, 0.25) is 0 Å². The summed E-state index contributed by atoms with van der Waals surface area (Å²) in [6.45, 7) is 6.58. The van der Waals surface area contributed by atoms with E-state index in [0.717, 1.165) is 25.1 Å². The van der Waals surface area contributed by atoms with E-state index >= 15 is 0 Å². The van der Waals surface area contributed by atoms with Crippen molar-refractivity contribution < 1.29 is 13.2 Å². The van der Waals surface area contributed by atoms with Crippen LogP contribution in [0.3, 0.4) is 0 Å². The number of hydrogen-bond acceptors (Lipinski definition) is 2. The fourth-order valence-corrected chi connectivity index (χ4v) is 2.28. The molecule has 1 aromatic carbocycles. The highest BCUT2D eigenvalue weighted by atomic mass is 19.1. The molecule has 2 nitrogen and oxygen atoms in total. The summed E-state index contributed by atoms with van der Waals surface area (Å²) in [6, 6.07) is 5.99. The highest BCUT2D eigenvalue weighted by Gasteiger charge is 2.16. The minimum atomic E-state index is -0.468. The molecule has 0 saturated carbocycles. The molecule has 0 aliphatic rings. The predicted octanol–water partition coefficient (Wildman–Crippen LogP) is 4.98. The first-order chi connectivity index (χ1) is 10.1. The number of aryl methyl sites for hydroxylation is 1. The lowest BCUT2D eigenvalue weighted by molar-refractivity contribution is 0.409. The summed E-state index contributed by atoms with van der Waals surface area (Å²) < 4.78 is 33.3. The highest BCUT2D eigenvalue weighted by molar-refractivity contribution is 5.59. The minimum absolute atomic E-state index is 0.0945. The van der Waals surface area contributed by atoms with Gasteiger partial charge in [0, 0.05) is 0 Å². The Hall–Kier alpha value is -1.68. The van der Waals surface area contributed by atoms with Crippen LogP contribution in [0.4, 0.5) is 8.78 Å².